The first-order valence-electron chi connectivity index (χ1n) is 9.39. The van der Waals surface area contributed by atoms with E-state index in [2.05, 4.69) is 20.0 Å². The number of amides is 1. The first-order chi connectivity index (χ1) is 14.2. The Kier molecular flexibility index (Phi) is 4.23. The maximum absolute atomic E-state index is 13.1. The van der Waals surface area contributed by atoms with Crippen molar-refractivity contribution < 1.29 is 13.7 Å². The number of nitrogens with zero attached hydrogens (tertiary/aromatic N) is 4. The van der Waals surface area contributed by atoms with E-state index >= 15 is 0 Å². The van der Waals surface area contributed by atoms with Crippen molar-refractivity contribution >= 4 is 22.5 Å². The molecule has 5 rings (SSSR count). The van der Waals surface area contributed by atoms with Gasteiger partial charge in [0.15, 0.2) is 0 Å². The van der Waals surface area contributed by atoms with Crippen molar-refractivity contribution in [2.75, 3.05) is 31.1 Å². The van der Waals surface area contributed by atoms with Gasteiger partial charge in [-0.25, -0.2) is 4.39 Å². The van der Waals surface area contributed by atoms with Gasteiger partial charge in [0.1, 0.15) is 5.82 Å². The third-order valence-electron chi connectivity index (χ3n) is 5.20. The van der Waals surface area contributed by atoms with Crippen LogP contribution in [-0.2, 0) is 0 Å². The molecule has 146 valence electrons. The molecule has 1 fully saturated rings. The van der Waals surface area contributed by atoms with E-state index in [1.54, 1.807) is 17.0 Å². The molecule has 0 atom stereocenters. The van der Waals surface area contributed by atoms with Crippen molar-refractivity contribution in [1.82, 2.24) is 20.0 Å². The number of anilines is 1. The van der Waals surface area contributed by atoms with Crippen LogP contribution < -0.4 is 4.90 Å². The number of hydrogen-bond donors (Lipinski definition) is 1. The second-order valence-corrected chi connectivity index (χ2v) is 6.92. The number of H-pyrrole nitrogens is 1. The van der Waals surface area contributed by atoms with Crippen LogP contribution in [0, 0.1) is 5.82 Å². The molecule has 2 aromatic carbocycles. The first-order valence-corrected chi connectivity index (χ1v) is 9.39. The predicted octanol–water partition coefficient (Wildman–Crippen LogP) is 3.32. The van der Waals surface area contributed by atoms with Gasteiger partial charge in [-0.15, -0.1) is 0 Å². The molecular weight excluding hydrogens is 373 g/mol. The van der Waals surface area contributed by atoms with Crippen LogP contribution in [0.1, 0.15) is 10.7 Å². The molecule has 7 nitrogen and oxygen atoms in total. The molecule has 1 aliphatic rings. The molecule has 0 unspecified atom stereocenters. The van der Waals surface area contributed by atoms with Gasteiger partial charge < -0.3 is 19.3 Å². The lowest BCUT2D eigenvalue weighted by Crippen LogP contribution is -2.48. The van der Waals surface area contributed by atoms with Gasteiger partial charge >= 0.3 is 11.8 Å². The van der Waals surface area contributed by atoms with Gasteiger partial charge in [-0.1, -0.05) is 17.3 Å². The van der Waals surface area contributed by atoms with Crippen LogP contribution in [0.4, 0.5) is 10.1 Å². The van der Waals surface area contributed by atoms with E-state index in [4.69, 9.17) is 4.52 Å². The quantitative estimate of drug-likeness (QED) is 0.580. The molecular formula is C21H18FN5O2. The van der Waals surface area contributed by atoms with E-state index in [0.717, 1.165) is 22.2 Å². The van der Waals surface area contributed by atoms with Crippen molar-refractivity contribution in [1.29, 1.82) is 0 Å². The lowest BCUT2D eigenvalue weighted by molar-refractivity contribution is 0.0696. The molecule has 1 saturated heterocycles. The van der Waals surface area contributed by atoms with E-state index in [0.29, 0.717) is 32.0 Å². The molecule has 0 saturated carbocycles. The summed E-state index contributed by atoms with van der Waals surface area (Å²) in [4.78, 5) is 24.1. The van der Waals surface area contributed by atoms with Crippen LogP contribution in [0.2, 0.25) is 0 Å². The molecule has 0 bridgehead atoms. The second kappa shape index (κ2) is 7.05. The number of nitrogens with one attached hydrogen (secondary N) is 1. The van der Waals surface area contributed by atoms with E-state index in [9.17, 15) is 9.18 Å². The fraction of sp³-hybridized carbons (Fsp3) is 0.190. The van der Waals surface area contributed by atoms with Crippen molar-refractivity contribution in [3.05, 3.63) is 66.4 Å². The lowest BCUT2D eigenvalue weighted by atomic mass is 10.1. The fourth-order valence-corrected chi connectivity index (χ4v) is 3.66. The molecule has 0 spiro atoms. The smallest absolute Gasteiger partial charge is 0.316 e. The molecule has 4 aromatic rings. The van der Waals surface area contributed by atoms with Crippen LogP contribution in [-0.4, -0.2) is 52.1 Å². The highest BCUT2D eigenvalue weighted by atomic mass is 19.1. The standard InChI is InChI=1S/C21H18FN5O2/c22-14-4-6-15(7-5-14)26-10-12-27(13-11-26)21(28)20-24-19(25-29-20)17-2-1-3-18-16(17)8-9-23-18/h1-9,23H,10-13H2. The summed E-state index contributed by atoms with van der Waals surface area (Å²) in [5, 5.41) is 4.98. The van der Waals surface area contributed by atoms with Crippen LogP contribution in [0.3, 0.4) is 0 Å². The molecule has 1 N–H and O–H groups in total. The van der Waals surface area contributed by atoms with Crippen molar-refractivity contribution in [2.24, 2.45) is 0 Å². The number of aromatic nitrogens is 3. The molecule has 3 heterocycles. The summed E-state index contributed by atoms with van der Waals surface area (Å²) in [5.74, 6) is -0.153. The van der Waals surface area contributed by atoms with Gasteiger partial charge in [-0.05, 0) is 36.4 Å². The minimum atomic E-state index is -0.274. The molecule has 1 amide bonds. The maximum atomic E-state index is 13.1. The zero-order chi connectivity index (χ0) is 19.8. The molecule has 8 heteroatoms. The van der Waals surface area contributed by atoms with Gasteiger partial charge in [0.2, 0.25) is 5.82 Å². The Morgan fingerprint density at radius 1 is 1.03 bits per heavy atom. The fourth-order valence-electron chi connectivity index (χ4n) is 3.66. The Hall–Kier alpha value is -3.68. The highest BCUT2D eigenvalue weighted by molar-refractivity contribution is 5.94. The number of hydrogen-bond acceptors (Lipinski definition) is 5. The topological polar surface area (TPSA) is 78.3 Å². The Labute approximate surface area is 165 Å². The Morgan fingerprint density at radius 2 is 1.83 bits per heavy atom. The number of carbonyl (C=O) groups is 1. The van der Waals surface area contributed by atoms with Gasteiger partial charge in [0.25, 0.3) is 0 Å². The summed E-state index contributed by atoms with van der Waals surface area (Å²) in [6.07, 6.45) is 1.85. The number of benzene rings is 2. The van der Waals surface area contributed by atoms with E-state index < -0.39 is 0 Å². The van der Waals surface area contributed by atoms with Crippen molar-refractivity contribution in [2.45, 2.75) is 0 Å². The number of fused-ring (bicyclic) bond motifs is 1. The highest BCUT2D eigenvalue weighted by Gasteiger charge is 2.27. The van der Waals surface area contributed by atoms with Gasteiger partial charge in [0, 0.05) is 54.5 Å². The highest BCUT2D eigenvalue weighted by Crippen LogP contribution is 2.26. The van der Waals surface area contributed by atoms with Crippen molar-refractivity contribution in [3.8, 4) is 11.4 Å². The lowest BCUT2D eigenvalue weighted by Gasteiger charge is -2.35. The monoisotopic (exact) mass is 391 g/mol. The summed E-state index contributed by atoms with van der Waals surface area (Å²) in [6.45, 7) is 2.37. The Balaban J connectivity index is 1.30. The average Bonchev–Trinajstić information content (AvgIpc) is 3.43. The van der Waals surface area contributed by atoms with E-state index in [-0.39, 0.29) is 17.6 Å². The van der Waals surface area contributed by atoms with Gasteiger partial charge in [0.05, 0.1) is 0 Å². The number of rotatable bonds is 3. The average molecular weight is 391 g/mol. The van der Waals surface area contributed by atoms with E-state index in [1.807, 2.05) is 30.5 Å². The summed E-state index contributed by atoms with van der Waals surface area (Å²) < 4.78 is 18.4. The number of carbonyl (C=O) groups excluding carboxylic acids is 1. The zero-order valence-corrected chi connectivity index (χ0v) is 15.5. The minimum absolute atomic E-state index is 0.0113. The summed E-state index contributed by atoms with van der Waals surface area (Å²) in [7, 11) is 0. The Morgan fingerprint density at radius 3 is 2.62 bits per heavy atom. The molecule has 29 heavy (non-hydrogen) atoms. The van der Waals surface area contributed by atoms with Crippen LogP contribution in [0.25, 0.3) is 22.3 Å². The number of halogens is 1. The number of piperazine rings is 1. The molecule has 0 aliphatic carbocycles. The second-order valence-electron chi connectivity index (χ2n) is 6.92. The zero-order valence-electron chi connectivity index (χ0n) is 15.5. The summed E-state index contributed by atoms with van der Waals surface area (Å²) in [5.41, 5.74) is 2.72. The predicted molar refractivity (Wildman–Crippen MR) is 106 cm³/mol. The van der Waals surface area contributed by atoms with Crippen LogP contribution in [0.15, 0.2) is 59.3 Å². The first kappa shape index (κ1) is 17.4. The molecule has 1 aliphatic heterocycles. The maximum Gasteiger partial charge on any atom is 0.316 e. The number of aromatic amines is 1. The summed E-state index contributed by atoms with van der Waals surface area (Å²) >= 11 is 0. The van der Waals surface area contributed by atoms with Crippen LogP contribution in [0.5, 0.6) is 0 Å². The summed E-state index contributed by atoms with van der Waals surface area (Å²) in [6, 6.07) is 14.1. The SMILES string of the molecule is O=C(c1nc(-c2cccc3[nH]ccc23)no1)N1CCN(c2ccc(F)cc2)CC1. The molecule has 2 aromatic heterocycles. The van der Waals surface area contributed by atoms with E-state index in [1.165, 1.54) is 12.1 Å². The van der Waals surface area contributed by atoms with Crippen LogP contribution >= 0.6 is 0 Å². The minimum Gasteiger partial charge on any atom is -0.368 e. The normalized spacial score (nSPS) is 14.5. The largest absolute Gasteiger partial charge is 0.368 e. The van der Waals surface area contributed by atoms with Gasteiger partial charge in [-0.3, -0.25) is 4.79 Å². The Bertz CT molecular complexity index is 1160. The third-order valence-corrected chi connectivity index (χ3v) is 5.20. The third kappa shape index (κ3) is 3.22. The van der Waals surface area contributed by atoms with Crippen molar-refractivity contribution in [3.63, 3.8) is 0 Å². The molecule has 0 radical (unpaired) electrons. The van der Waals surface area contributed by atoms with Gasteiger partial charge in [-0.2, -0.15) is 4.98 Å².